The third-order valence-corrected chi connectivity index (χ3v) is 6.65. The summed E-state index contributed by atoms with van der Waals surface area (Å²) in [4.78, 5) is 29.0. The summed E-state index contributed by atoms with van der Waals surface area (Å²) in [5, 5.41) is 3.25. The van der Waals surface area contributed by atoms with Gasteiger partial charge in [-0.05, 0) is 74.1 Å². The standard InChI is InChI=1S/C25H28ClN3O2/c1-5-29-22-11-10-17(12-19(22)16(2)14-25(29,3)4)13-21-23(30)28(24(31)27-21)15-18-8-6-7-9-20(18)26/h6-13,16H,5,14-15H2,1-4H3,(H,27,31)/b21-13+. The Labute approximate surface area is 188 Å². The zero-order chi connectivity index (χ0) is 22.3. The zero-order valence-electron chi connectivity index (χ0n) is 18.4. The molecule has 0 spiro atoms. The molecule has 2 aliphatic heterocycles. The van der Waals surface area contributed by atoms with Gasteiger partial charge in [0.2, 0.25) is 0 Å². The Morgan fingerprint density at radius 3 is 2.65 bits per heavy atom. The van der Waals surface area contributed by atoms with Crippen LogP contribution in [0.1, 0.15) is 56.7 Å². The Balaban J connectivity index is 1.61. The first kappa shape index (κ1) is 21.4. The van der Waals surface area contributed by atoms with Crippen LogP contribution in [0.4, 0.5) is 10.5 Å². The highest BCUT2D eigenvalue weighted by Crippen LogP contribution is 2.43. The van der Waals surface area contributed by atoms with E-state index in [0.29, 0.717) is 10.9 Å². The lowest BCUT2D eigenvalue weighted by Crippen LogP contribution is -2.48. The number of halogens is 1. The van der Waals surface area contributed by atoms with Crippen LogP contribution in [0.15, 0.2) is 48.2 Å². The summed E-state index contributed by atoms with van der Waals surface area (Å²) < 4.78 is 0. The first-order valence-corrected chi connectivity index (χ1v) is 11.1. The van der Waals surface area contributed by atoms with Crippen LogP contribution in [-0.2, 0) is 11.3 Å². The van der Waals surface area contributed by atoms with Gasteiger partial charge in [0, 0.05) is 22.8 Å². The maximum atomic E-state index is 12.9. The highest BCUT2D eigenvalue weighted by atomic mass is 35.5. The Morgan fingerprint density at radius 2 is 1.94 bits per heavy atom. The minimum Gasteiger partial charge on any atom is -0.366 e. The molecule has 1 atom stereocenters. The largest absolute Gasteiger partial charge is 0.366 e. The molecule has 0 bridgehead atoms. The topological polar surface area (TPSA) is 52.7 Å². The van der Waals surface area contributed by atoms with E-state index in [1.165, 1.54) is 16.2 Å². The van der Waals surface area contributed by atoms with E-state index in [1.54, 1.807) is 12.1 Å². The maximum Gasteiger partial charge on any atom is 0.329 e. The predicted molar refractivity (Wildman–Crippen MR) is 125 cm³/mol. The number of nitrogens with zero attached hydrogens (tertiary/aromatic N) is 2. The minimum atomic E-state index is -0.429. The lowest BCUT2D eigenvalue weighted by atomic mass is 9.79. The van der Waals surface area contributed by atoms with Crippen LogP contribution in [0.3, 0.4) is 0 Å². The fourth-order valence-corrected chi connectivity index (χ4v) is 5.07. The molecule has 31 heavy (non-hydrogen) atoms. The molecule has 1 fully saturated rings. The van der Waals surface area contributed by atoms with Crippen LogP contribution >= 0.6 is 11.6 Å². The van der Waals surface area contributed by atoms with Gasteiger partial charge in [0.05, 0.1) is 6.54 Å². The van der Waals surface area contributed by atoms with Gasteiger partial charge in [0.15, 0.2) is 0 Å². The monoisotopic (exact) mass is 437 g/mol. The van der Waals surface area contributed by atoms with Crippen LogP contribution in [0.25, 0.3) is 6.08 Å². The molecule has 3 amide bonds. The number of fused-ring (bicyclic) bond motifs is 1. The summed E-state index contributed by atoms with van der Waals surface area (Å²) in [6.07, 6.45) is 2.82. The number of benzene rings is 2. The number of urea groups is 1. The van der Waals surface area contributed by atoms with Crippen molar-refractivity contribution >= 4 is 35.3 Å². The number of imide groups is 1. The summed E-state index contributed by atoms with van der Waals surface area (Å²) in [5.41, 5.74) is 4.56. The van der Waals surface area contributed by atoms with Gasteiger partial charge in [-0.25, -0.2) is 4.79 Å². The Morgan fingerprint density at radius 1 is 1.19 bits per heavy atom. The Kier molecular flexibility index (Phi) is 5.56. The molecule has 2 heterocycles. The maximum absolute atomic E-state index is 12.9. The molecule has 1 N–H and O–H groups in total. The molecule has 2 aromatic rings. The van der Waals surface area contributed by atoms with E-state index in [2.05, 4.69) is 50.0 Å². The van der Waals surface area contributed by atoms with E-state index in [0.717, 1.165) is 24.1 Å². The molecule has 0 radical (unpaired) electrons. The molecule has 1 unspecified atom stereocenters. The number of nitrogens with one attached hydrogen (secondary N) is 1. The van der Waals surface area contributed by atoms with Crippen molar-refractivity contribution in [2.24, 2.45) is 0 Å². The number of carbonyl (C=O) groups excluding carboxylic acids is 2. The van der Waals surface area contributed by atoms with Gasteiger partial charge in [-0.15, -0.1) is 0 Å². The zero-order valence-corrected chi connectivity index (χ0v) is 19.2. The predicted octanol–water partition coefficient (Wildman–Crippen LogP) is 5.55. The second-order valence-electron chi connectivity index (χ2n) is 8.95. The number of amides is 3. The molecule has 2 aromatic carbocycles. The van der Waals surface area contributed by atoms with Crippen LogP contribution in [0, 0.1) is 0 Å². The smallest absolute Gasteiger partial charge is 0.329 e. The van der Waals surface area contributed by atoms with Crippen molar-refractivity contribution in [3.63, 3.8) is 0 Å². The molecule has 5 nitrogen and oxygen atoms in total. The number of rotatable bonds is 4. The quantitative estimate of drug-likeness (QED) is 0.504. The van der Waals surface area contributed by atoms with Gasteiger partial charge >= 0.3 is 6.03 Å². The van der Waals surface area contributed by atoms with Gasteiger partial charge in [0.25, 0.3) is 5.91 Å². The normalized spacial score (nSPS) is 21.5. The van der Waals surface area contributed by atoms with Gasteiger partial charge in [-0.3, -0.25) is 9.69 Å². The third kappa shape index (κ3) is 3.94. The first-order chi connectivity index (χ1) is 14.7. The number of carbonyl (C=O) groups is 2. The Bertz CT molecular complexity index is 1080. The van der Waals surface area contributed by atoms with Crippen molar-refractivity contribution in [3.8, 4) is 0 Å². The van der Waals surface area contributed by atoms with E-state index in [9.17, 15) is 9.59 Å². The van der Waals surface area contributed by atoms with Crippen LogP contribution < -0.4 is 10.2 Å². The van der Waals surface area contributed by atoms with Gasteiger partial charge in [-0.2, -0.15) is 0 Å². The number of anilines is 1. The summed E-state index contributed by atoms with van der Waals surface area (Å²) in [5.74, 6) is 0.0729. The second-order valence-corrected chi connectivity index (χ2v) is 9.36. The number of hydrogen-bond donors (Lipinski definition) is 1. The van der Waals surface area contributed by atoms with Gasteiger partial charge < -0.3 is 10.2 Å². The lowest BCUT2D eigenvalue weighted by Gasteiger charge is -2.47. The molecular weight excluding hydrogens is 410 g/mol. The van der Waals surface area contributed by atoms with Crippen molar-refractivity contribution in [1.82, 2.24) is 10.2 Å². The SMILES string of the molecule is CCN1c2ccc(/C=C3/NC(=O)N(Cc4ccccc4Cl)C3=O)cc2C(C)CC1(C)C. The van der Waals surface area contributed by atoms with Crippen molar-refractivity contribution in [2.75, 3.05) is 11.4 Å². The van der Waals surface area contributed by atoms with Crippen LogP contribution in [0.5, 0.6) is 0 Å². The van der Waals surface area contributed by atoms with Gasteiger partial charge in [0.1, 0.15) is 5.70 Å². The summed E-state index contributed by atoms with van der Waals surface area (Å²) in [6, 6.07) is 13.1. The fraction of sp³-hybridized carbons (Fsp3) is 0.360. The highest BCUT2D eigenvalue weighted by Gasteiger charge is 2.36. The Hall–Kier alpha value is -2.79. The molecule has 162 valence electrons. The average Bonchev–Trinajstić information content (AvgIpc) is 2.97. The molecule has 0 aliphatic carbocycles. The van der Waals surface area contributed by atoms with Crippen molar-refractivity contribution in [3.05, 3.63) is 69.9 Å². The highest BCUT2D eigenvalue weighted by molar-refractivity contribution is 6.31. The lowest BCUT2D eigenvalue weighted by molar-refractivity contribution is -0.123. The molecule has 6 heteroatoms. The van der Waals surface area contributed by atoms with Gasteiger partial charge in [-0.1, -0.05) is 42.8 Å². The van der Waals surface area contributed by atoms with E-state index >= 15 is 0 Å². The van der Waals surface area contributed by atoms with E-state index in [1.807, 2.05) is 24.3 Å². The van der Waals surface area contributed by atoms with E-state index < -0.39 is 6.03 Å². The van der Waals surface area contributed by atoms with Crippen molar-refractivity contribution < 1.29 is 9.59 Å². The summed E-state index contributed by atoms with van der Waals surface area (Å²) in [6.45, 7) is 10.1. The van der Waals surface area contributed by atoms with E-state index in [-0.39, 0.29) is 23.7 Å². The minimum absolute atomic E-state index is 0.107. The van der Waals surface area contributed by atoms with Crippen LogP contribution in [-0.4, -0.2) is 28.9 Å². The van der Waals surface area contributed by atoms with Crippen LogP contribution in [0.2, 0.25) is 5.02 Å². The molecule has 0 aromatic heterocycles. The first-order valence-electron chi connectivity index (χ1n) is 10.7. The molecule has 4 rings (SSSR count). The fourth-order valence-electron chi connectivity index (χ4n) is 4.88. The van der Waals surface area contributed by atoms with E-state index in [4.69, 9.17) is 11.6 Å². The average molecular weight is 438 g/mol. The second kappa shape index (κ2) is 8.04. The third-order valence-electron chi connectivity index (χ3n) is 6.29. The molecule has 0 saturated carbocycles. The summed E-state index contributed by atoms with van der Waals surface area (Å²) in [7, 11) is 0. The van der Waals surface area contributed by atoms with Crippen molar-refractivity contribution in [1.29, 1.82) is 0 Å². The summed E-state index contributed by atoms with van der Waals surface area (Å²) >= 11 is 6.20. The number of hydrogen-bond acceptors (Lipinski definition) is 3. The molecule has 1 saturated heterocycles. The van der Waals surface area contributed by atoms with Crippen molar-refractivity contribution in [2.45, 2.75) is 52.1 Å². The molecular formula is C25H28ClN3O2. The molecule has 2 aliphatic rings.